The highest BCUT2D eigenvalue weighted by molar-refractivity contribution is 6.31. The summed E-state index contributed by atoms with van der Waals surface area (Å²) in [6.07, 6.45) is 5.94. The molecule has 114 valence electrons. The van der Waals surface area contributed by atoms with Crippen molar-refractivity contribution in [3.63, 3.8) is 0 Å². The molecule has 6 nitrogen and oxygen atoms in total. The predicted molar refractivity (Wildman–Crippen MR) is 87.9 cm³/mol. The number of hydrazone groups is 1. The third-order valence-corrected chi connectivity index (χ3v) is 2.97. The van der Waals surface area contributed by atoms with Crippen molar-refractivity contribution in [3.05, 3.63) is 47.8 Å². The van der Waals surface area contributed by atoms with Gasteiger partial charge in [-0.2, -0.15) is 5.10 Å². The second-order valence-electron chi connectivity index (χ2n) is 4.73. The first-order valence-electron chi connectivity index (χ1n) is 7.02. The van der Waals surface area contributed by atoms with E-state index in [1.54, 1.807) is 18.6 Å². The van der Waals surface area contributed by atoms with Crippen LogP contribution >= 0.6 is 0 Å². The zero-order valence-corrected chi connectivity index (χ0v) is 12.7. The Hall–Kier alpha value is -2.76. The Morgan fingerprint density at radius 3 is 2.73 bits per heavy atom. The van der Waals surface area contributed by atoms with Gasteiger partial charge in [0.25, 0.3) is 0 Å². The van der Waals surface area contributed by atoms with Crippen LogP contribution in [0.1, 0.15) is 18.1 Å². The van der Waals surface area contributed by atoms with Crippen molar-refractivity contribution in [3.8, 4) is 6.01 Å². The van der Waals surface area contributed by atoms with Gasteiger partial charge in [0.05, 0.1) is 11.9 Å². The van der Waals surface area contributed by atoms with Crippen LogP contribution in [0.15, 0.2) is 46.8 Å². The SMILES string of the molecule is CCc1cnc(OCC(C=Nc2cccc(C)c2)=NN)nc1. The van der Waals surface area contributed by atoms with E-state index in [0.29, 0.717) is 11.7 Å². The Kier molecular flexibility index (Phi) is 5.59. The molecule has 0 unspecified atom stereocenters. The predicted octanol–water partition coefficient (Wildman–Crippen LogP) is 2.44. The van der Waals surface area contributed by atoms with Gasteiger partial charge in [0, 0.05) is 12.4 Å². The van der Waals surface area contributed by atoms with E-state index in [1.165, 1.54) is 0 Å². The summed E-state index contributed by atoms with van der Waals surface area (Å²) < 4.78 is 5.45. The van der Waals surface area contributed by atoms with Crippen LogP contribution in [0.4, 0.5) is 5.69 Å². The van der Waals surface area contributed by atoms with Crippen LogP contribution < -0.4 is 10.6 Å². The van der Waals surface area contributed by atoms with Crippen molar-refractivity contribution in [2.45, 2.75) is 20.3 Å². The number of hydrogen-bond donors (Lipinski definition) is 1. The van der Waals surface area contributed by atoms with Gasteiger partial charge >= 0.3 is 6.01 Å². The molecule has 2 N–H and O–H groups in total. The van der Waals surface area contributed by atoms with Gasteiger partial charge in [-0.15, -0.1) is 0 Å². The molecule has 6 heteroatoms. The Morgan fingerprint density at radius 1 is 1.32 bits per heavy atom. The second-order valence-corrected chi connectivity index (χ2v) is 4.73. The van der Waals surface area contributed by atoms with Gasteiger partial charge in [0.2, 0.25) is 0 Å². The molecule has 0 bridgehead atoms. The van der Waals surface area contributed by atoms with Crippen LogP contribution in [0.25, 0.3) is 0 Å². The Labute approximate surface area is 129 Å². The van der Waals surface area contributed by atoms with Gasteiger partial charge < -0.3 is 10.6 Å². The zero-order chi connectivity index (χ0) is 15.8. The number of hydrogen-bond acceptors (Lipinski definition) is 6. The molecule has 1 heterocycles. The van der Waals surface area contributed by atoms with Gasteiger partial charge in [-0.05, 0) is 36.6 Å². The summed E-state index contributed by atoms with van der Waals surface area (Å²) in [6.45, 7) is 4.22. The lowest BCUT2D eigenvalue weighted by Crippen LogP contribution is -2.16. The van der Waals surface area contributed by atoms with E-state index in [4.69, 9.17) is 10.6 Å². The highest BCUT2D eigenvalue weighted by Crippen LogP contribution is 2.12. The number of aliphatic imine (C=N–C) groups is 1. The summed E-state index contributed by atoms with van der Waals surface area (Å²) in [5.41, 5.74) is 3.54. The molecule has 2 rings (SSSR count). The molecular formula is C16H19N5O. The molecule has 0 aliphatic carbocycles. The van der Waals surface area contributed by atoms with E-state index in [2.05, 4.69) is 20.1 Å². The van der Waals surface area contributed by atoms with Crippen LogP contribution in [0.3, 0.4) is 0 Å². The first-order chi connectivity index (χ1) is 10.7. The van der Waals surface area contributed by atoms with E-state index in [9.17, 15) is 0 Å². The van der Waals surface area contributed by atoms with E-state index >= 15 is 0 Å². The summed E-state index contributed by atoms with van der Waals surface area (Å²) in [7, 11) is 0. The Bertz CT molecular complexity index is 664. The van der Waals surface area contributed by atoms with Crippen LogP contribution in [-0.4, -0.2) is 28.5 Å². The zero-order valence-electron chi connectivity index (χ0n) is 12.7. The van der Waals surface area contributed by atoms with Gasteiger partial charge in [-0.1, -0.05) is 19.1 Å². The maximum Gasteiger partial charge on any atom is 0.316 e. The fraction of sp³-hybridized carbons (Fsp3) is 0.250. The number of aryl methyl sites for hydroxylation is 2. The lowest BCUT2D eigenvalue weighted by molar-refractivity contribution is 0.346. The van der Waals surface area contributed by atoms with Gasteiger partial charge in [0.15, 0.2) is 0 Å². The standard InChI is InChI=1S/C16H19N5O/c1-3-13-8-19-16(20-9-13)22-11-15(21-17)10-18-14-6-4-5-12(2)7-14/h4-10H,3,11,17H2,1-2H3. The van der Waals surface area contributed by atoms with Gasteiger partial charge in [-0.3, -0.25) is 4.99 Å². The third kappa shape index (κ3) is 4.66. The second kappa shape index (κ2) is 7.87. The third-order valence-electron chi connectivity index (χ3n) is 2.97. The summed E-state index contributed by atoms with van der Waals surface area (Å²) in [6, 6.07) is 8.13. The number of benzene rings is 1. The number of rotatable bonds is 6. The Morgan fingerprint density at radius 2 is 2.09 bits per heavy atom. The number of nitrogens with two attached hydrogens (primary N) is 1. The fourth-order valence-electron chi connectivity index (χ4n) is 1.70. The topological polar surface area (TPSA) is 85.8 Å². The lowest BCUT2D eigenvalue weighted by Gasteiger charge is -2.04. The average Bonchev–Trinajstić information content (AvgIpc) is 2.55. The molecule has 0 amide bonds. The summed E-state index contributed by atoms with van der Waals surface area (Å²) in [5.74, 6) is 5.35. The summed E-state index contributed by atoms with van der Waals surface area (Å²) in [5, 5.41) is 3.66. The summed E-state index contributed by atoms with van der Waals surface area (Å²) >= 11 is 0. The maximum absolute atomic E-state index is 5.45. The molecule has 0 radical (unpaired) electrons. The molecular weight excluding hydrogens is 278 g/mol. The van der Waals surface area contributed by atoms with Crippen molar-refractivity contribution >= 4 is 17.6 Å². The molecule has 1 aromatic carbocycles. The van der Waals surface area contributed by atoms with Crippen LogP contribution in [-0.2, 0) is 6.42 Å². The highest BCUT2D eigenvalue weighted by atomic mass is 16.5. The maximum atomic E-state index is 5.45. The molecule has 0 aliphatic rings. The lowest BCUT2D eigenvalue weighted by atomic mass is 10.2. The number of ether oxygens (including phenoxy) is 1. The normalized spacial score (nSPS) is 11.8. The molecule has 0 aliphatic heterocycles. The van der Waals surface area contributed by atoms with Crippen molar-refractivity contribution in [2.75, 3.05) is 6.61 Å². The van der Waals surface area contributed by atoms with Crippen molar-refractivity contribution in [1.29, 1.82) is 0 Å². The van der Waals surface area contributed by atoms with E-state index in [1.807, 2.05) is 38.1 Å². The van der Waals surface area contributed by atoms with Crippen LogP contribution in [0, 0.1) is 6.92 Å². The van der Waals surface area contributed by atoms with E-state index in [-0.39, 0.29) is 6.61 Å². The molecule has 0 atom stereocenters. The van der Waals surface area contributed by atoms with E-state index < -0.39 is 0 Å². The smallest absolute Gasteiger partial charge is 0.316 e. The van der Waals surface area contributed by atoms with Crippen molar-refractivity contribution in [2.24, 2.45) is 15.9 Å². The van der Waals surface area contributed by atoms with Gasteiger partial charge in [0.1, 0.15) is 12.3 Å². The largest absolute Gasteiger partial charge is 0.457 e. The first-order valence-corrected chi connectivity index (χ1v) is 7.02. The quantitative estimate of drug-likeness (QED) is 0.504. The highest BCUT2D eigenvalue weighted by Gasteiger charge is 2.01. The van der Waals surface area contributed by atoms with Crippen molar-refractivity contribution in [1.82, 2.24) is 9.97 Å². The molecule has 2 aromatic rings. The molecule has 1 aromatic heterocycles. The van der Waals surface area contributed by atoms with Crippen molar-refractivity contribution < 1.29 is 4.74 Å². The average molecular weight is 297 g/mol. The minimum atomic E-state index is 0.164. The van der Waals surface area contributed by atoms with E-state index in [0.717, 1.165) is 23.2 Å². The minimum Gasteiger partial charge on any atom is -0.457 e. The molecule has 0 fully saturated rings. The number of nitrogens with zero attached hydrogens (tertiary/aromatic N) is 4. The van der Waals surface area contributed by atoms with Crippen LogP contribution in [0.2, 0.25) is 0 Å². The molecule has 22 heavy (non-hydrogen) atoms. The monoisotopic (exact) mass is 297 g/mol. The minimum absolute atomic E-state index is 0.164. The van der Waals surface area contributed by atoms with Crippen LogP contribution in [0.5, 0.6) is 6.01 Å². The Balaban J connectivity index is 1.94. The number of aromatic nitrogens is 2. The fourth-order valence-corrected chi connectivity index (χ4v) is 1.70. The first kappa shape index (κ1) is 15.6. The molecule has 0 saturated carbocycles. The molecule has 0 spiro atoms. The molecule has 0 saturated heterocycles. The summed E-state index contributed by atoms with van der Waals surface area (Å²) in [4.78, 5) is 12.5. The van der Waals surface area contributed by atoms with Gasteiger partial charge in [-0.25, -0.2) is 9.97 Å².